The van der Waals surface area contributed by atoms with Crippen LogP contribution in [0.5, 0.6) is 0 Å². The number of hydrogen-bond acceptors (Lipinski definition) is 3. The maximum atomic E-state index is 5.11. The molecule has 9 aromatic carbocycles. The number of benzene rings is 9. The summed E-state index contributed by atoms with van der Waals surface area (Å²) in [5.41, 5.74) is 17.1. The van der Waals surface area contributed by atoms with Crippen LogP contribution in [0, 0.1) is 0 Å². The Labute approximate surface area is 382 Å². The van der Waals surface area contributed by atoms with Gasteiger partial charge in [0.2, 0.25) is 0 Å². The highest BCUT2D eigenvalue weighted by Gasteiger charge is 2.46. The molecule has 4 heteroatoms. The van der Waals surface area contributed by atoms with Crippen LogP contribution in [-0.4, -0.2) is 23.0 Å². The number of nitrogens with zero attached hydrogens (tertiary/aromatic N) is 3. The number of aromatic nitrogens is 3. The van der Waals surface area contributed by atoms with Crippen LogP contribution in [0.4, 0.5) is 0 Å². The molecule has 0 N–H and O–H groups in total. The molecule has 1 aliphatic rings. The van der Waals surface area contributed by atoms with Gasteiger partial charge in [-0.1, -0.05) is 237 Å². The molecular formula is C61H47N3Si. The third kappa shape index (κ3) is 7.32. The van der Waals surface area contributed by atoms with Gasteiger partial charge in [0.15, 0.2) is 17.5 Å². The Morgan fingerprint density at radius 1 is 0.292 bits per heavy atom. The summed E-state index contributed by atoms with van der Waals surface area (Å²) < 4.78 is 0. The molecule has 1 heterocycles. The van der Waals surface area contributed by atoms with Gasteiger partial charge in [-0.25, -0.2) is 15.0 Å². The molecule has 10 aromatic rings. The third-order valence-corrected chi connectivity index (χ3v) is 15.0. The van der Waals surface area contributed by atoms with Gasteiger partial charge in [0.25, 0.3) is 0 Å². The number of hydrogen-bond donors (Lipinski definition) is 0. The first-order valence-electron chi connectivity index (χ1n) is 22.4. The van der Waals surface area contributed by atoms with Crippen LogP contribution in [0.2, 0.25) is 19.6 Å². The predicted molar refractivity (Wildman–Crippen MR) is 273 cm³/mol. The van der Waals surface area contributed by atoms with Gasteiger partial charge in [-0.2, -0.15) is 0 Å². The fourth-order valence-corrected chi connectivity index (χ4v) is 10.8. The standard InChI is InChI=1S/C61H47N3Si/c1-65(2,3)53-35-37-55-54-36-34-49(40-56(54)61(57(55)41-53,51-26-12-6-13-27-51)52-28-14-7-15-29-52)47-23-16-22-46(38-47)48-24-17-25-50(39-48)60-63-58(44-20-10-5-11-21-44)62-59(64-60)45-32-30-43(31-33-45)42-18-8-4-9-19-42/h4-41H,1-3H3. The maximum Gasteiger partial charge on any atom is 0.164 e. The summed E-state index contributed by atoms with van der Waals surface area (Å²) in [4.78, 5) is 15.2. The van der Waals surface area contributed by atoms with Crippen molar-refractivity contribution in [3.8, 4) is 78.7 Å². The molecule has 0 unspecified atom stereocenters. The molecule has 0 atom stereocenters. The van der Waals surface area contributed by atoms with Crippen molar-refractivity contribution in [2.45, 2.75) is 25.1 Å². The Bertz CT molecular complexity index is 3280. The third-order valence-electron chi connectivity index (χ3n) is 13.0. The first kappa shape index (κ1) is 40.0. The average molecular weight is 850 g/mol. The summed E-state index contributed by atoms with van der Waals surface area (Å²) in [7, 11) is -1.63. The summed E-state index contributed by atoms with van der Waals surface area (Å²) in [6.07, 6.45) is 0. The molecule has 0 amide bonds. The van der Waals surface area contributed by atoms with Crippen LogP contribution in [0.3, 0.4) is 0 Å². The minimum atomic E-state index is -1.63. The second-order valence-corrected chi connectivity index (χ2v) is 23.1. The smallest absolute Gasteiger partial charge is 0.164 e. The first-order valence-corrected chi connectivity index (χ1v) is 25.9. The van der Waals surface area contributed by atoms with Crippen LogP contribution < -0.4 is 5.19 Å². The van der Waals surface area contributed by atoms with Crippen molar-refractivity contribution in [2.24, 2.45) is 0 Å². The molecular weight excluding hydrogens is 803 g/mol. The highest BCUT2D eigenvalue weighted by atomic mass is 28.3. The van der Waals surface area contributed by atoms with Gasteiger partial charge in [0.05, 0.1) is 13.5 Å². The van der Waals surface area contributed by atoms with E-state index in [0.29, 0.717) is 17.5 Å². The molecule has 0 fully saturated rings. The van der Waals surface area contributed by atoms with E-state index in [-0.39, 0.29) is 0 Å². The molecule has 65 heavy (non-hydrogen) atoms. The van der Waals surface area contributed by atoms with Crippen LogP contribution in [0.25, 0.3) is 78.7 Å². The van der Waals surface area contributed by atoms with Crippen molar-refractivity contribution in [1.82, 2.24) is 15.0 Å². The van der Waals surface area contributed by atoms with E-state index in [9.17, 15) is 0 Å². The normalized spacial score (nSPS) is 12.7. The molecule has 0 aliphatic heterocycles. The van der Waals surface area contributed by atoms with E-state index < -0.39 is 13.5 Å². The Morgan fingerprint density at radius 2 is 0.646 bits per heavy atom. The zero-order valence-electron chi connectivity index (χ0n) is 36.8. The maximum absolute atomic E-state index is 5.11. The van der Waals surface area contributed by atoms with Crippen molar-refractivity contribution in [3.63, 3.8) is 0 Å². The minimum absolute atomic E-state index is 0.475. The zero-order chi connectivity index (χ0) is 44.0. The molecule has 0 radical (unpaired) electrons. The first-order chi connectivity index (χ1) is 31.8. The van der Waals surface area contributed by atoms with Crippen molar-refractivity contribution in [3.05, 3.63) is 253 Å². The Kier molecular flexibility index (Phi) is 10.1. The quantitative estimate of drug-likeness (QED) is 0.136. The summed E-state index contributed by atoms with van der Waals surface area (Å²) in [6.45, 7) is 7.33. The Balaban J connectivity index is 1.00. The van der Waals surface area contributed by atoms with Gasteiger partial charge in [-0.05, 0) is 85.0 Å². The lowest BCUT2D eigenvalue weighted by molar-refractivity contribution is 0.769. The van der Waals surface area contributed by atoms with Crippen molar-refractivity contribution < 1.29 is 0 Å². The Hall–Kier alpha value is -7.79. The van der Waals surface area contributed by atoms with Gasteiger partial charge >= 0.3 is 0 Å². The van der Waals surface area contributed by atoms with E-state index in [0.717, 1.165) is 38.9 Å². The number of rotatable bonds is 9. The highest BCUT2D eigenvalue weighted by Crippen LogP contribution is 2.56. The largest absolute Gasteiger partial charge is 0.208 e. The monoisotopic (exact) mass is 849 g/mol. The molecule has 1 aliphatic carbocycles. The van der Waals surface area contributed by atoms with Crippen LogP contribution in [0.15, 0.2) is 231 Å². The predicted octanol–water partition coefficient (Wildman–Crippen LogP) is 14.8. The molecule has 3 nitrogen and oxygen atoms in total. The van der Waals surface area contributed by atoms with E-state index in [1.807, 2.05) is 24.3 Å². The van der Waals surface area contributed by atoms with Gasteiger partial charge in [-0.3, -0.25) is 0 Å². The minimum Gasteiger partial charge on any atom is -0.208 e. The summed E-state index contributed by atoms with van der Waals surface area (Å²) >= 11 is 0. The molecule has 310 valence electrons. The molecule has 1 aromatic heterocycles. The lowest BCUT2D eigenvalue weighted by Gasteiger charge is -2.35. The molecule has 0 spiro atoms. The second kappa shape index (κ2) is 16.4. The fourth-order valence-electron chi connectivity index (χ4n) is 9.64. The van der Waals surface area contributed by atoms with Crippen LogP contribution >= 0.6 is 0 Å². The SMILES string of the molecule is C[Si](C)(C)c1ccc2c(c1)C(c1ccccc1)(c1ccccc1)c1cc(-c3cccc(-c4cccc(-c5nc(-c6ccccc6)nc(-c6ccc(-c7ccccc7)cc6)n5)c4)c3)ccc1-2. The lowest BCUT2D eigenvalue weighted by atomic mass is 9.67. The van der Waals surface area contributed by atoms with Crippen molar-refractivity contribution in [2.75, 3.05) is 0 Å². The number of fused-ring (bicyclic) bond motifs is 3. The Morgan fingerprint density at radius 3 is 1.18 bits per heavy atom. The van der Waals surface area contributed by atoms with Gasteiger partial charge in [-0.15, -0.1) is 0 Å². The van der Waals surface area contributed by atoms with E-state index >= 15 is 0 Å². The van der Waals surface area contributed by atoms with E-state index in [1.165, 1.54) is 49.7 Å². The van der Waals surface area contributed by atoms with Crippen LogP contribution in [-0.2, 0) is 5.41 Å². The second-order valence-electron chi connectivity index (χ2n) is 18.0. The highest BCUT2D eigenvalue weighted by molar-refractivity contribution is 6.88. The lowest BCUT2D eigenvalue weighted by Crippen LogP contribution is -2.39. The zero-order valence-corrected chi connectivity index (χ0v) is 37.8. The van der Waals surface area contributed by atoms with E-state index in [4.69, 9.17) is 15.0 Å². The van der Waals surface area contributed by atoms with Crippen molar-refractivity contribution >= 4 is 13.3 Å². The van der Waals surface area contributed by atoms with E-state index in [2.05, 4.69) is 226 Å². The molecule has 0 saturated carbocycles. The molecule has 0 saturated heterocycles. The average Bonchev–Trinajstić information content (AvgIpc) is 3.67. The van der Waals surface area contributed by atoms with Crippen LogP contribution in [0.1, 0.15) is 22.3 Å². The fraction of sp³-hybridized carbons (Fsp3) is 0.0656. The topological polar surface area (TPSA) is 38.7 Å². The van der Waals surface area contributed by atoms with Gasteiger partial charge in [0, 0.05) is 16.7 Å². The molecule has 0 bridgehead atoms. The summed E-state index contributed by atoms with van der Waals surface area (Å²) in [5.74, 6) is 1.91. The van der Waals surface area contributed by atoms with E-state index in [1.54, 1.807) is 0 Å². The van der Waals surface area contributed by atoms with Gasteiger partial charge < -0.3 is 0 Å². The van der Waals surface area contributed by atoms with Gasteiger partial charge in [0.1, 0.15) is 0 Å². The van der Waals surface area contributed by atoms with Crippen molar-refractivity contribution in [1.29, 1.82) is 0 Å². The summed E-state index contributed by atoms with van der Waals surface area (Å²) in [6, 6.07) is 83.3. The molecule has 11 rings (SSSR count). The summed E-state index contributed by atoms with van der Waals surface area (Å²) in [5, 5.41) is 1.47.